The average molecular weight is 361 g/mol. The minimum atomic E-state index is 0.0624. The van der Waals surface area contributed by atoms with Crippen molar-refractivity contribution in [3.05, 3.63) is 46.2 Å². The van der Waals surface area contributed by atoms with Gasteiger partial charge in [-0.05, 0) is 70.0 Å². The Labute approximate surface area is 153 Å². The highest BCUT2D eigenvalue weighted by molar-refractivity contribution is 6.30. The summed E-state index contributed by atoms with van der Waals surface area (Å²) in [6.07, 6.45) is 2.73. The van der Waals surface area contributed by atoms with Gasteiger partial charge in [-0.3, -0.25) is 4.79 Å². The molecule has 0 bridgehead atoms. The molecule has 1 aliphatic heterocycles. The van der Waals surface area contributed by atoms with Gasteiger partial charge in [-0.15, -0.1) is 0 Å². The van der Waals surface area contributed by atoms with Gasteiger partial charge >= 0.3 is 0 Å². The Morgan fingerprint density at radius 1 is 1.36 bits per heavy atom. The van der Waals surface area contributed by atoms with Crippen molar-refractivity contribution in [1.29, 1.82) is 0 Å². The van der Waals surface area contributed by atoms with E-state index in [0.717, 1.165) is 42.3 Å². The minimum Gasteiger partial charge on any atom is -0.355 e. The lowest BCUT2D eigenvalue weighted by molar-refractivity contribution is -0.120. The summed E-state index contributed by atoms with van der Waals surface area (Å²) < 4.78 is 1.87. The minimum absolute atomic E-state index is 0.0624. The normalized spacial score (nSPS) is 17.5. The third-order valence-electron chi connectivity index (χ3n) is 4.84. The molecule has 0 aliphatic carbocycles. The van der Waals surface area contributed by atoms with Crippen molar-refractivity contribution in [3.8, 4) is 5.69 Å². The highest BCUT2D eigenvalue weighted by atomic mass is 35.5. The van der Waals surface area contributed by atoms with Gasteiger partial charge in [0.2, 0.25) is 5.91 Å². The summed E-state index contributed by atoms with van der Waals surface area (Å²) >= 11 is 5.96. The second kappa shape index (κ2) is 8.02. The molecule has 1 unspecified atom stereocenters. The van der Waals surface area contributed by atoms with Crippen LogP contribution in [0, 0.1) is 19.8 Å². The molecule has 1 aliphatic rings. The summed E-state index contributed by atoms with van der Waals surface area (Å²) in [4.78, 5) is 12.4. The smallest absolute Gasteiger partial charge is 0.224 e. The van der Waals surface area contributed by atoms with Crippen LogP contribution >= 0.6 is 11.6 Å². The first-order valence-corrected chi connectivity index (χ1v) is 9.21. The van der Waals surface area contributed by atoms with Crippen LogP contribution in [0.2, 0.25) is 5.02 Å². The average Bonchev–Trinajstić information content (AvgIpc) is 2.90. The van der Waals surface area contributed by atoms with Crippen molar-refractivity contribution < 1.29 is 4.79 Å². The lowest BCUT2D eigenvalue weighted by Crippen LogP contribution is -2.38. The fourth-order valence-electron chi connectivity index (χ4n) is 3.34. The molecule has 6 heteroatoms. The van der Waals surface area contributed by atoms with Crippen molar-refractivity contribution in [2.45, 2.75) is 33.1 Å². The monoisotopic (exact) mass is 360 g/mol. The molecule has 1 aromatic heterocycles. The Bertz CT molecular complexity index is 733. The molecule has 5 nitrogen and oxygen atoms in total. The standard InChI is InChI=1S/C19H25ClN4O/c1-13-18(10-19(25)22-12-15-4-3-9-21-11-15)14(2)24(23-13)17-7-5-16(20)6-8-17/h5-8,15,21H,3-4,9-12H2,1-2H3,(H,22,25). The van der Waals surface area contributed by atoms with Gasteiger partial charge in [-0.2, -0.15) is 5.10 Å². The highest BCUT2D eigenvalue weighted by Crippen LogP contribution is 2.20. The zero-order valence-electron chi connectivity index (χ0n) is 14.8. The van der Waals surface area contributed by atoms with Crippen LogP contribution in [0.5, 0.6) is 0 Å². The van der Waals surface area contributed by atoms with E-state index < -0.39 is 0 Å². The molecule has 1 amide bonds. The molecule has 0 radical (unpaired) electrons. The van der Waals surface area contributed by atoms with Crippen molar-refractivity contribution in [3.63, 3.8) is 0 Å². The zero-order chi connectivity index (χ0) is 17.8. The number of hydrogen-bond acceptors (Lipinski definition) is 3. The van der Waals surface area contributed by atoms with Crippen LogP contribution in [0.4, 0.5) is 0 Å². The van der Waals surface area contributed by atoms with Crippen molar-refractivity contribution in [1.82, 2.24) is 20.4 Å². The number of hydrogen-bond donors (Lipinski definition) is 2. The topological polar surface area (TPSA) is 59.0 Å². The number of rotatable bonds is 5. The van der Waals surface area contributed by atoms with Gasteiger partial charge in [0.15, 0.2) is 0 Å². The maximum atomic E-state index is 12.4. The van der Waals surface area contributed by atoms with Crippen LogP contribution in [0.1, 0.15) is 29.8 Å². The van der Waals surface area contributed by atoms with E-state index in [2.05, 4.69) is 15.7 Å². The zero-order valence-corrected chi connectivity index (χ0v) is 15.6. The number of benzene rings is 1. The van der Waals surface area contributed by atoms with Gasteiger partial charge in [0, 0.05) is 22.8 Å². The van der Waals surface area contributed by atoms with E-state index >= 15 is 0 Å². The molecular weight excluding hydrogens is 336 g/mol. The fraction of sp³-hybridized carbons (Fsp3) is 0.474. The summed E-state index contributed by atoms with van der Waals surface area (Å²) in [5, 5.41) is 11.7. The number of aromatic nitrogens is 2. The molecule has 3 rings (SSSR count). The maximum Gasteiger partial charge on any atom is 0.224 e. The molecule has 134 valence electrons. The second-order valence-corrected chi connectivity index (χ2v) is 7.17. The Morgan fingerprint density at radius 2 is 2.12 bits per heavy atom. The van der Waals surface area contributed by atoms with E-state index in [9.17, 15) is 4.79 Å². The number of carbonyl (C=O) groups excluding carboxylic acids is 1. The predicted molar refractivity (Wildman–Crippen MR) is 100 cm³/mol. The summed E-state index contributed by atoms with van der Waals surface area (Å²) in [7, 11) is 0. The van der Waals surface area contributed by atoms with E-state index in [-0.39, 0.29) is 5.91 Å². The molecule has 1 aromatic carbocycles. The maximum absolute atomic E-state index is 12.4. The number of carbonyl (C=O) groups is 1. The largest absolute Gasteiger partial charge is 0.355 e. The van der Waals surface area contributed by atoms with Gasteiger partial charge in [0.05, 0.1) is 17.8 Å². The Hall–Kier alpha value is -1.85. The molecule has 2 aromatic rings. The first-order chi connectivity index (χ1) is 12.0. The third-order valence-corrected chi connectivity index (χ3v) is 5.09. The quantitative estimate of drug-likeness (QED) is 0.862. The van der Waals surface area contributed by atoms with Gasteiger partial charge in [-0.25, -0.2) is 4.68 Å². The van der Waals surface area contributed by atoms with Gasteiger partial charge < -0.3 is 10.6 Å². The summed E-state index contributed by atoms with van der Waals surface area (Å²) in [6.45, 7) is 6.78. The molecule has 0 saturated carbocycles. The van der Waals surface area contributed by atoms with Gasteiger partial charge in [0.25, 0.3) is 0 Å². The molecule has 0 spiro atoms. The molecule has 2 N–H and O–H groups in total. The lowest BCUT2D eigenvalue weighted by Gasteiger charge is -2.22. The molecule has 25 heavy (non-hydrogen) atoms. The number of nitrogens with one attached hydrogen (secondary N) is 2. The summed E-state index contributed by atoms with van der Waals surface area (Å²) in [6, 6.07) is 7.55. The number of nitrogens with zero attached hydrogens (tertiary/aromatic N) is 2. The van der Waals surface area contributed by atoms with E-state index in [4.69, 9.17) is 11.6 Å². The summed E-state index contributed by atoms with van der Waals surface area (Å²) in [5.74, 6) is 0.601. The van der Waals surface area contributed by atoms with Crippen LogP contribution in [-0.4, -0.2) is 35.3 Å². The van der Waals surface area contributed by atoms with Crippen LogP contribution in [0.15, 0.2) is 24.3 Å². The number of amides is 1. The van der Waals surface area contributed by atoms with E-state index in [1.807, 2.05) is 42.8 Å². The Kier molecular flexibility index (Phi) is 5.76. The number of piperidine rings is 1. The van der Waals surface area contributed by atoms with Gasteiger partial charge in [-0.1, -0.05) is 11.6 Å². The molecule has 1 fully saturated rings. The Balaban J connectivity index is 1.66. The number of aryl methyl sites for hydroxylation is 1. The third kappa shape index (κ3) is 4.41. The van der Waals surface area contributed by atoms with E-state index in [0.29, 0.717) is 17.4 Å². The van der Waals surface area contributed by atoms with Crippen LogP contribution in [0.3, 0.4) is 0 Å². The van der Waals surface area contributed by atoms with Crippen molar-refractivity contribution in [2.75, 3.05) is 19.6 Å². The molecule has 2 heterocycles. The molecular formula is C19H25ClN4O. The SMILES string of the molecule is Cc1nn(-c2ccc(Cl)cc2)c(C)c1CC(=O)NCC1CCCNC1. The summed E-state index contributed by atoms with van der Waals surface area (Å²) in [5.41, 5.74) is 3.83. The highest BCUT2D eigenvalue weighted by Gasteiger charge is 2.18. The van der Waals surface area contributed by atoms with E-state index in [1.165, 1.54) is 12.8 Å². The second-order valence-electron chi connectivity index (χ2n) is 6.73. The van der Waals surface area contributed by atoms with Crippen LogP contribution < -0.4 is 10.6 Å². The predicted octanol–water partition coefficient (Wildman–Crippen LogP) is 2.80. The van der Waals surface area contributed by atoms with Crippen LogP contribution in [0.25, 0.3) is 5.69 Å². The van der Waals surface area contributed by atoms with Gasteiger partial charge in [0.1, 0.15) is 0 Å². The van der Waals surface area contributed by atoms with Crippen molar-refractivity contribution in [2.24, 2.45) is 5.92 Å². The first-order valence-electron chi connectivity index (χ1n) is 8.83. The number of halogens is 1. The molecule has 1 atom stereocenters. The first kappa shape index (κ1) is 18.0. The Morgan fingerprint density at radius 3 is 2.80 bits per heavy atom. The van der Waals surface area contributed by atoms with Crippen molar-refractivity contribution >= 4 is 17.5 Å². The fourth-order valence-corrected chi connectivity index (χ4v) is 3.47. The van der Waals surface area contributed by atoms with E-state index in [1.54, 1.807) is 0 Å². The molecule has 1 saturated heterocycles. The van der Waals surface area contributed by atoms with Crippen LogP contribution in [-0.2, 0) is 11.2 Å². The lowest BCUT2D eigenvalue weighted by atomic mass is 9.99.